The number of imide groups is 2. The molecule has 3 heterocycles. The van der Waals surface area contributed by atoms with Crippen LogP contribution in [0.4, 0.5) is 0 Å². The fourth-order valence-electron chi connectivity index (χ4n) is 6.82. The summed E-state index contributed by atoms with van der Waals surface area (Å²) in [6, 6.07) is 6.90. The number of carbonyl (C=O) groups is 4. The van der Waals surface area contributed by atoms with E-state index in [9.17, 15) is 24.3 Å². The number of allylic oxidation sites excluding steroid dienone is 2. The third-order valence-electron chi connectivity index (χ3n) is 8.60. The van der Waals surface area contributed by atoms with Gasteiger partial charge >= 0.3 is 0 Å². The van der Waals surface area contributed by atoms with Gasteiger partial charge in [-0.25, -0.2) is 0 Å². The SMILES string of the molecule is COc1cc(C2C3=CCC4C(=O)N(Cc5cccs5)C(=O)C4C3CC3(Cl)C(=O)N(CBr)C(=O)C23Cl)cc(Br)c1O. The fraction of sp³-hybridized carbons (Fsp3) is 0.407. The van der Waals surface area contributed by atoms with Crippen LogP contribution >= 0.6 is 66.4 Å². The van der Waals surface area contributed by atoms with E-state index in [-0.39, 0.29) is 48.2 Å². The van der Waals surface area contributed by atoms with Crippen LogP contribution in [-0.4, -0.2) is 60.8 Å². The monoisotopic (exact) mass is 730 g/mol. The molecule has 6 rings (SSSR count). The van der Waals surface area contributed by atoms with Gasteiger partial charge in [0.25, 0.3) is 11.8 Å². The van der Waals surface area contributed by atoms with Crippen LogP contribution in [0.15, 0.2) is 45.8 Å². The Hall–Kier alpha value is -1.92. The van der Waals surface area contributed by atoms with Crippen LogP contribution in [0.25, 0.3) is 0 Å². The molecular formula is C27H22Br2Cl2N2O6S. The summed E-state index contributed by atoms with van der Waals surface area (Å²) in [5.41, 5.74) is 1.04. The molecule has 8 nitrogen and oxygen atoms in total. The summed E-state index contributed by atoms with van der Waals surface area (Å²) in [7, 11) is 1.39. The lowest BCUT2D eigenvalue weighted by atomic mass is 9.56. The summed E-state index contributed by atoms with van der Waals surface area (Å²) in [6.07, 6.45) is 2.07. The van der Waals surface area contributed by atoms with Crippen molar-refractivity contribution in [2.24, 2.45) is 17.8 Å². The number of phenols is 1. The second kappa shape index (κ2) is 9.83. The van der Waals surface area contributed by atoms with Crippen LogP contribution in [-0.2, 0) is 25.7 Å². The number of alkyl halides is 3. The van der Waals surface area contributed by atoms with Crippen molar-refractivity contribution in [1.82, 2.24) is 9.80 Å². The number of hydrogen-bond acceptors (Lipinski definition) is 7. The maximum Gasteiger partial charge on any atom is 0.254 e. The summed E-state index contributed by atoms with van der Waals surface area (Å²) < 4.78 is 5.66. The number of hydrogen-bond donors (Lipinski definition) is 1. The van der Waals surface area contributed by atoms with E-state index in [0.29, 0.717) is 15.6 Å². The molecule has 1 aromatic heterocycles. The van der Waals surface area contributed by atoms with Crippen LogP contribution in [0, 0.1) is 17.8 Å². The van der Waals surface area contributed by atoms with Gasteiger partial charge in [-0.1, -0.05) is 33.6 Å². The molecule has 6 atom stereocenters. The number of phenolic OH excluding ortho intramolecular Hbond substituents is 1. The second-order valence-corrected chi connectivity index (χ2v) is 14.0. The van der Waals surface area contributed by atoms with Crippen molar-refractivity contribution in [1.29, 1.82) is 0 Å². The molecule has 2 aliphatic carbocycles. The van der Waals surface area contributed by atoms with Gasteiger partial charge in [-0.2, -0.15) is 0 Å². The van der Waals surface area contributed by atoms with E-state index in [1.807, 2.05) is 23.6 Å². The number of aromatic hydroxyl groups is 1. The topological polar surface area (TPSA) is 104 Å². The molecule has 2 aromatic rings. The summed E-state index contributed by atoms with van der Waals surface area (Å²) in [6.45, 7) is 0.177. The molecule has 2 aliphatic heterocycles. The highest BCUT2D eigenvalue weighted by molar-refractivity contribution is 9.10. The van der Waals surface area contributed by atoms with Gasteiger partial charge in [0.2, 0.25) is 11.8 Å². The van der Waals surface area contributed by atoms with E-state index in [1.54, 1.807) is 12.1 Å². The quantitative estimate of drug-likeness (QED) is 0.198. The molecule has 4 amide bonds. The van der Waals surface area contributed by atoms with E-state index in [1.165, 1.54) is 23.3 Å². The molecule has 0 bridgehead atoms. The predicted molar refractivity (Wildman–Crippen MR) is 156 cm³/mol. The van der Waals surface area contributed by atoms with E-state index < -0.39 is 45.2 Å². The zero-order valence-electron chi connectivity index (χ0n) is 20.9. The molecule has 4 aliphatic rings. The number of amides is 4. The van der Waals surface area contributed by atoms with Crippen LogP contribution in [0.1, 0.15) is 29.2 Å². The third-order valence-corrected chi connectivity index (χ3v) is 12.0. The predicted octanol–water partition coefficient (Wildman–Crippen LogP) is 5.14. The highest BCUT2D eigenvalue weighted by atomic mass is 79.9. The molecular weight excluding hydrogens is 711 g/mol. The number of thiophene rings is 1. The minimum absolute atomic E-state index is 0.0854. The molecule has 0 spiro atoms. The van der Waals surface area contributed by atoms with Gasteiger partial charge in [0.1, 0.15) is 0 Å². The van der Waals surface area contributed by atoms with Crippen molar-refractivity contribution in [3.8, 4) is 11.5 Å². The van der Waals surface area contributed by atoms with Gasteiger partial charge < -0.3 is 9.84 Å². The van der Waals surface area contributed by atoms with Crippen LogP contribution in [0.5, 0.6) is 11.5 Å². The van der Waals surface area contributed by atoms with Crippen molar-refractivity contribution in [3.63, 3.8) is 0 Å². The smallest absolute Gasteiger partial charge is 0.254 e. The van der Waals surface area contributed by atoms with Crippen LogP contribution in [0.3, 0.4) is 0 Å². The van der Waals surface area contributed by atoms with Gasteiger partial charge in [-0.3, -0.25) is 29.0 Å². The molecule has 40 heavy (non-hydrogen) atoms. The minimum atomic E-state index is -1.93. The van der Waals surface area contributed by atoms with Gasteiger partial charge in [-0.05, 0) is 63.8 Å². The first-order chi connectivity index (χ1) is 19.0. The number of rotatable bonds is 5. The van der Waals surface area contributed by atoms with Crippen molar-refractivity contribution in [2.75, 3.05) is 12.6 Å². The second-order valence-electron chi connectivity index (χ2n) is 10.4. The molecule has 6 unspecified atom stereocenters. The zero-order valence-corrected chi connectivity index (χ0v) is 26.4. The van der Waals surface area contributed by atoms with E-state index >= 15 is 0 Å². The summed E-state index contributed by atoms with van der Waals surface area (Å²) in [5, 5.41) is 12.4. The molecule has 1 saturated carbocycles. The molecule has 0 radical (unpaired) electrons. The number of benzene rings is 1. The highest BCUT2D eigenvalue weighted by Crippen LogP contribution is 2.66. The van der Waals surface area contributed by atoms with Gasteiger partial charge in [0, 0.05) is 10.8 Å². The normalized spacial score (nSPS) is 33.2. The van der Waals surface area contributed by atoms with Crippen molar-refractivity contribution < 1.29 is 29.0 Å². The average Bonchev–Trinajstić information content (AvgIpc) is 3.57. The molecule has 13 heteroatoms. The number of fused-ring (bicyclic) bond motifs is 4. The maximum atomic E-state index is 13.9. The molecule has 2 saturated heterocycles. The van der Waals surface area contributed by atoms with Crippen LogP contribution in [0.2, 0.25) is 0 Å². The average molecular weight is 733 g/mol. The van der Waals surface area contributed by atoms with Gasteiger partial charge in [0.05, 0.1) is 35.4 Å². The first-order valence-electron chi connectivity index (χ1n) is 12.4. The van der Waals surface area contributed by atoms with Crippen molar-refractivity contribution in [3.05, 3.63) is 56.2 Å². The molecule has 210 valence electrons. The number of likely N-dealkylation sites (tertiary alicyclic amines) is 2. The highest BCUT2D eigenvalue weighted by Gasteiger charge is 2.76. The van der Waals surface area contributed by atoms with Gasteiger partial charge in [-0.15, -0.1) is 34.5 Å². The van der Waals surface area contributed by atoms with Crippen LogP contribution < -0.4 is 4.74 Å². The third kappa shape index (κ3) is 3.66. The lowest BCUT2D eigenvalue weighted by Crippen LogP contribution is -2.60. The lowest BCUT2D eigenvalue weighted by molar-refractivity contribution is -0.141. The minimum Gasteiger partial charge on any atom is -0.503 e. The number of halogens is 4. The Kier molecular flexibility index (Phi) is 6.93. The maximum absolute atomic E-state index is 13.9. The molecule has 3 fully saturated rings. The number of carbonyl (C=O) groups excluding carboxylic acids is 4. The van der Waals surface area contributed by atoms with E-state index in [0.717, 1.165) is 9.78 Å². The molecule has 1 aromatic carbocycles. The Morgan fingerprint density at radius 3 is 2.52 bits per heavy atom. The van der Waals surface area contributed by atoms with Gasteiger partial charge in [0.15, 0.2) is 21.2 Å². The number of ether oxygens (including phenoxy) is 1. The Morgan fingerprint density at radius 1 is 1.12 bits per heavy atom. The number of methoxy groups -OCH3 is 1. The fourth-order valence-corrected chi connectivity index (χ4v) is 9.40. The standard InChI is InChI=1S/C27H22Br2Cl2N2O6S/c1-39-18-8-12(7-17(29)21(18)34)20-14-4-5-15-19(23(36)32(22(15)35)10-13-3-2-6-40-13)16(14)9-26(30)24(37)33(11-28)25(38)27(20,26)31/h2-4,6-8,15-16,19-20,34H,5,9-11H2,1H3. The first kappa shape index (κ1) is 28.2. The molecule has 1 N–H and O–H groups in total. The van der Waals surface area contributed by atoms with E-state index in [2.05, 4.69) is 31.9 Å². The lowest BCUT2D eigenvalue weighted by Gasteiger charge is -2.50. The largest absolute Gasteiger partial charge is 0.503 e. The summed E-state index contributed by atoms with van der Waals surface area (Å²) in [5.74, 6) is -4.84. The number of nitrogens with zero attached hydrogens (tertiary/aromatic N) is 2. The Bertz CT molecular complexity index is 1500. The van der Waals surface area contributed by atoms with Crippen molar-refractivity contribution >= 4 is 90.0 Å². The Balaban J connectivity index is 1.52. The summed E-state index contributed by atoms with van der Waals surface area (Å²) in [4.78, 5) is 54.3. The first-order valence-corrected chi connectivity index (χ1v) is 16.0. The van der Waals surface area contributed by atoms with Crippen molar-refractivity contribution in [2.45, 2.75) is 35.1 Å². The Morgan fingerprint density at radius 2 is 1.88 bits per heavy atom. The Labute approximate surface area is 260 Å². The van der Waals surface area contributed by atoms with E-state index in [4.69, 9.17) is 27.9 Å². The zero-order chi connectivity index (χ0) is 28.7. The summed E-state index contributed by atoms with van der Waals surface area (Å²) >= 11 is 22.5.